The fourth-order valence-electron chi connectivity index (χ4n) is 9.93. The Morgan fingerprint density at radius 3 is 1.48 bits per heavy atom. The van der Waals surface area contributed by atoms with Crippen LogP contribution in [0.1, 0.15) is 0 Å². The van der Waals surface area contributed by atoms with E-state index in [-0.39, 0.29) is 0 Å². The Labute approximate surface area is 332 Å². The Balaban J connectivity index is 1.07. The van der Waals surface area contributed by atoms with Gasteiger partial charge in [0.15, 0.2) is 11.2 Å². The van der Waals surface area contributed by atoms with Crippen LogP contribution in [-0.2, 0) is 0 Å². The van der Waals surface area contributed by atoms with E-state index < -0.39 is 0 Å². The van der Waals surface area contributed by atoms with Crippen molar-refractivity contribution in [2.24, 2.45) is 0 Å². The van der Waals surface area contributed by atoms with Gasteiger partial charge in [0.25, 0.3) is 0 Å². The van der Waals surface area contributed by atoms with Crippen molar-refractivity contribution >= 4 is 97.7 Å². The molecule has 0 bridgehead atoms. The molecule has 0 amide bonds. The van der Waals surface area contributed by atoms with E-state index in [4.69, 9.17) is 8.83 Å². The Morgan fingerprint density at radius 1 is 0.259 bits per heavy atom. The highest BCUT2D eigenvalue weighted by atomic mass is 16.4. The number of rotatable bonds is 3. The summed E-state index contributed by atoms with van der Waals surface area (Å²) in [5.41, 5.74) is 10.6. The molecule has 268 valence electrons. The quantitative estimate of drug-likeness (QED) is 0.169. The lowest BCUT2D eigenvalue weighted by molar-refractivity contribution is 0.633. The second-order valence-electron chi connectivity index (χ2n) is 15.5. The predicted octanol–water partition coefficient (Wildman–Crippen LogP) is 16.3. The number of benzene rings is 11. The summed E-state index contributed by atoms with van der Waals surface area (Å²) in [7, 11) is 0. The minimum absolute atomic E-state index is 0.789. The van der Waals surface area contributed by atoms with Crippen molar-refractivity contribution in [2.75, 3.05) is 0 Å². The van der Waals surface area contributed by atoms with Crippen LogP contribution in [0.15, 0.2) is 203 Å². The number of furan rings is 2. The fourth-order valence-corrected chi connectivity index (χ4v) is 9.93. The smallest absolute Gasteiger partial charge is 0.178 e. The van der Waals surface area contributed by atoms with E-state index in [2.05, 4.69) is 182 Å². The number of hydrogen-bond acceptors (Lipinski definition) is 2. The average Bonchev–Trinajstić information content (AvgIpc) is 3.86. The van der Waals surface area contributed by atoms with Crippen molar-refractivity contribution in [1.82, 2.24) is 0 Å². The predicted molar refractivity (Wildman–Crippen MR) is 245 cm³/mol. The van der Waals surface area contributed by atoms with E-state index in [9.17, 15) is 0 Å². The van der Waals surface area contributed by atoms with Crippen molar-refractivity contribution in [2.45, 2.75) is 0 Å². The number of para-hydroxylation sites is 1. The van der Waals surface area contributed by atoms with Gasteiger partial charge in [-0.15, -0.1) is 0 Å². The Kier molecular flexibility index (Phi) is 6.47. The van der Waals surface area contributed by atoms with Gasteiger partial charge in [-0.3, -0.25) is 0 Å². The molecule has 0 aliphatic rings. The molecule has 2 heteroatoms. The lowest BCUT2D eigenvalue weighted by atomic mass is 9.83. The molecule has 0 saturated heterocycles. The van der Waals surface area contributed by atoms with Crippen LogP contribution in [-0.4, -0.2) is 0 Å². The third-order valence-corrected chi connectivity index (χ3v) is 12.4. The molecule has 0 spiro atoms. The second kappa shape index (κ2) is 11.9. The molecule has 13 aromatic rings. The summed E-state index contributed by atoms with van der Waals surface area (Å²) in [6.45, 7) is 0. The van der Waals surface area contributed by atoms with Gasteiger partial charge in [0.1, 0.15) is 11.2 Å². The van der Waals surface area contributed by atoms with Gasteiger partial charge < -0.3 is 8.83 Å². The van der Waals surface area contributed by atoms with Crippen LogP contribution in [0.25, 0.3) is 131 Å². The van der Waals surface area contributed by atoms with Crippen molar-refractivity contribution in [3.63, 3.8) is 0 Å². The van der Waals surface area contributed by atoms with Gasteiger partial charge in [0.2, 0.25) is 0 Å². The highest BCUT2D eigenvalue weighted by Gasteiger charge is 2.22. The topological polar surface area (TPSA) is 26.3 Å². The summed E-state index contributed by atoms with van der Waals surface area (Å²) in [4.78, 5) is 0. The summed E-state index contributed by atoms with van der Waals surface area (Å²) in [5, 5.41) is 16.6. The van der Waals surface area contributed by atoms with Gasteiger partial charge in [0, 0.05) is 21.5 Å². The van der Waals surface area contributed by atoms with Crippen LogP contribution >= 0.6 is 0 Å². The molecule has 0 N–H and O–H groups in total. The van der Waals surface area contributed by atoms with Crippen LogP contribution in [0.4, 0.5) is 0 Å². The molecule has 58 heavy (non-hydrogen) atoms. The SMILES string of the molecule is c1ccc2cc(-c3c4ccccc4c(-c4ccc(-c5cc6oc7c(ccc8c9ccccc9oc87)c6c6ccccc56)c5ccccc45)c4ccccc34)ccc2c1. The van der Waals surface area contributed by atoms with E-state index in [1.165, 1.54) is 81.7 Å². The summed E-state index contributed by atoms with van der Waals surface area (Å²) < 4.78 is 13.3. The van der Waals surface area contributed by atoms with E-state index in [1.54, 1.807) is 0 Å². The first-order chi connectivity index (χ1) is 28.8. The van der Waals surface area contributed by atoms with Gasteiger partial charge in [0.05, 0.1) is 0 Å². The molecule has 0 atom stereocenters. The zero-order chi connectivity index (χ0) is 37.9. The molecule has 0 radical (unpaired) electrons. The molecule has 11 aromatic carbocycles. The molecule has 0 aliphatic heterocycles. The first-order valence-electron chi connectivity index (χ1n) is 19.9. The average molecular weight is 737 g/mol. The van der Waals surface area contributed by atoms with E-state index in [1.807, 2.05) is 12.1 Å². The molecule has 0 unspecified atom stereocenters. The molecule has 0 saturated carbocycles. The van der Waals surface area contributed by atoms with Crippen LogP contribution in [0.5, 0.6) is 0 Å². The molecule has 0 fully saturated rings. The zero-order valence-electron chi connectivity index (χ0n) is 31.3. The largest absolute Gasteiger partial charge is 0.452 e. The van der Waals surface area contributed by atoms with Crippen LogP contribution in [0.3, 0.4) is 0 Å². The summed E-state index contributed by atoms with van der Waals surface area (Å²) in [6.07, 6.45) is 0. The third kappa shape index (κ3) is 4.37. The Hall–Kier alpha value is -7.68. The molecule has 0 aliphatic carbocycles. The van der Waals surface area contributed by atoms with Crippen LogP contribution in [0.2, 0.25) is 0 Å². The maximum absolute atomic E-state index is 6.84. The minimum atomic E-state index is 0.789. The van der Waals surface area contributed by atoms with E-state index in [0.29, 0.717) is 0 Å². The van der Waals surface area contributed by atoms with E-state index >= 15 is 0 Å². The highest BCUT2D eigenvalue weighted by Crippen LogP contribution is 2.49. The number of hydrogen-bond donors (Lipinski definition) is 0. The Morgan fingerprint density at radius 2 is 0.759 bits per heavy atom. The lowest BCUT2D eigenvalue weighted by Gasteiger charge is -2.20. The molecule has 2 nitrogen and oxygen atoms in total. The van der Waals surface area contributed by atoms with Gasteiger partial charge >= 0.3 is 0 Å². The second-order valence-corrected chi connectivity index (χ2v) is 15.5. The third-order valence-electron chi connectivity index (χ3n) is 12.4. The highest BCUT2D eigenvalue weighted by molar-refractivity contribution is 6.28. The van der Waals surface area contributed by atoms with Crippen LogP contribution in [0, 0.1) is 0 Å². The van der Waals surface area contributed by atoms with Crippen LogP contribution < -0.4 is 0 Å². The monoisotopic (exact) mass is 736 g/mol. The first-order valence-corrected chi connectivity index (χ1v) is 19.9. The molecular formula is C56H32O2. The lowest BCUT2D eigenvalue weighted by Crippen LogP contribution is -1.93. The van der Waals surface area contributed by atoms with Gasteiger partial charge in [-0.1, -0.05) is 164 Å². The molecule has 2 heterocycles. The minimum Gasteiger partial charge on any atom is -0.452 e. The van der Waals surface area contributed by atoms with Crippen molar-refractivity contribution in [3.05, 3.63) is 194 Å². The maximum Gasteiger partial charge on any atom is 0.178 e. The van der Waals surface area contributed by atoms with Crippen molar-refractivity contribution in [3.8, 4) is 33.4 Å². The summed E-state index contributed by atoms with van der Waals surface area (Å²) in [5.74, 6) is 0. The molecular weight excluding hydrogens is 705 g/mol. The standard InChI is InChI=1S/C56H32O2/c1-2-14-34-31-35(26-25-33(34)13-1)52-42-20-7-9-22-44(42)53(45-23-10-8-21-43(45)52)46-28-27-39(36-15-3-4-16-37(36)46)49-32-51-54(41-19-6-5-17-38(41)49)48-30-29-47-40-18-11-12-24-50(40)57-55(47)56(48)58-51/h1-32H. The molecule has 13 rings (SSSR count). The molecule has 2 aromatic heterocycles. The summed E-state index contributed by atoms with van der Waals surface area (Å²) >= 11 is 0. The number of fused-ring (bicyclic) bond motifs is 13. The fraction of sp³-hybridized carbons (Fsp3) is 0. The zero-order valence-corrected chi connectivity index (χ0v) is 31.3. The van der Waals surface area contributed by atoms with Crippen molar-refractivity contribution in [1.29, 1.82) is 0 Å². The van der Waals surface area contributed by atoms with Gasteiger partial charge in [-0.2, -0.15) is 0 Å². The van der Waals surface area contributed by atoms with Gasteiger partial charge in [-0.05, 0) is 118 Å². The van der Waals surface area contributed by atoms with Gasteiger partial charge in [-0.25, -0.2) is 0 Å². The Bertz CT molecular complexity index is 3800. The normalized spacial score (nSPS) is 12.1. The van der Waals surface area contributed by atoms with Crippen molar-refractivity contribution < 1.29 is 8.83 Å². The van der Waals surface area contributed by atoms with E-state index in [0.717, 1.165) is 49.4 Å². The summed E-state index contributed by atoms with van der Waals surface area (Å²) in [6, 6.07) is 70.5. The maximum atomic E-state index is 6.84. The first kappa shape index (κ1) is 31.5.